The van der Waals surface area contributed by atoms with Crippen molar-refractivity contribution in [3.05, 3.63) is 65.7 Å². The molecule has 0 bridgehead atoms. The number of carbonyl (C=O) groups is 1. The predicted molar refractivity (Wildman–Crippen MR) is 87.1 cm³/mol. The molecular weight excluding hydrogens is 312 g/mol. The number of carbonyl (C=O) groups excluding carboxylic acids is 1. The first kappa shape index (κ1) is 16.4. The lowest BCUT2D eigenvalue weighted by Crippen LogP contribution is -2.35. The van der Waals surface area contributed by atoms with Crippen molar-refractivity contribution in [2.75, 3.05) is 6.54 Å². The van der Waals surface area contributed by atoms with Crippen molar-refractivity contribution in [2.24, 2.45) is 0 Å². The summed E-state index contributed by atoms with van der Waals surface area (Å²) in [5, 5.41) is 2.99. The summed E-state index contributed by atoms with van der Waals surface area (Å²) in [7, 11) is 0. The molecule has 0 aliphatic heterocycles. The zero-order valence-corrected chi connectivity index (χ0v) is 13.2. The van der Waals surface area contributed by atoms with Gasteiger partial charge in [-0.05, 0) is 42.5 Å². The molecule has 0 saturated heterocycles. The third kappa shape index (κ3) is 3.72. The van der Waals surface area contributed by atoms with Gasteiger partial charge in [0.25, 0.3) is 0 Å². The van der Waals surface area contributed by atoms with Crippen molar-refractivity contribution < 1.29 is 18.3 Å². The molecule has 3 rings (SSSR count). The van der Waals surface area contributed by atoms with Gasteiger partial charge in [0.1, 0.15) is 5.75 Å². The fourth-order valence-corrected chi connectivity index (χ4v) is 2.86. The molecule has 1 saturated carbocycles. The molecular formula is C19H19F2NO2. The molecule has 1 amide bonds. The molecule has 2 aromatic carbocycles. The fourth-order valence-electron chi connectivity index (χ4n) is 2.86. The van der Waals surface area contributed by atoms with Crippen LogP contribution in [0.1, 0.15) is 24.0 Å². The Bertz CT molecular complexity index is 682. The van der Waals surface area contributed by atoms with Crippen molar-refractivity contribution in [1.29, 1.82) is 0 Å². The summed E-state index contributed by atoms with van der Waals surface area (Å²) in [6.07, 6.45) is 2.40. The van der Waals surface area contributed by atoms with Gasteiger partial charge < -0.3 is 10.1 Å². The molecule has 5 heteroatoms. The van der Waals surface area contributed by atoms with Gasteiger partial charge in [-0.3, -0.25) is 4.79 Å². The van der Waals surface area contributed by atoms with Crippen LogP contribution in [0.15, 0.2) is 54.6 Å². The van der Waals surface area contributed by atoms with Crippen LogP contribution in [0.4, 0.5) is 8.78 Å². The van der Waals surface area contributed by atoms with Crippen LogP contribution in [0.25, 0.3) is 0 Å². The van der Waals surface area contributed by atoms with E-state index in [1.165, 1.54) is 12.1 Å². The lowest BCUT2D eigenvalue weighted by Gasteiger charge is -2.15. The van der Waals surface area contributed by atoms with Crippen LogP contribution in [-0.2, 0) is 16.6 Å². The third-order valence-electron chi connectivity index (χ3n) is 4.36. The molecule has 0 radical (unpaired) electrons. The van der Waals surface area contributed by atoms with Crippen molar-refractivity contribution in [2.45, 2.75) is 31.3 Å². The van der Waals surface area contributed by atoms with Gasteiger partial charge in [-0.15, -0.1) is 0 Å². The molecule has 1 N–H and O–H groups in total. The number of alkyl halides is 2. The second-order valence-electron chi connectivity index (χ2n) is 5.98. The van der Waals surface area contributed by atoms with E-state index in [0.717, 1.165) is 24.0 Å². The maximum Gasteiger partial charge on any atom is 0.387 e. The van der Waals surface area contributed by atoms with Crippen molar-refractivity contribution in [3.8, 4) is 5.75 Å². The van der Waals surface area contributed by atoms with E-state index in [1.54, 1.807) is 12.1 Å². The van der Waals surface area contributed by atoms with E-state index in [-0.39, 0.29) is 17.1 Å². The summed E-state index contributed by atoms with van der Waals surface area (Å²) in [5.74, 6) is 0.199. The Balaban J connectivity index is 1.51. The number of hydrogen-bond acceptors (Lipinski definition) is 2. The van der Waals surface area contributed by atoms with E-state index in [2.05, 4.69) is 10.1 Å². The maximum atomic E-state index is 12.5. The number of halogens is 2. The summed E-state index contributed by atoms with van der Waals surface area (Å²) in [6.45, 7) is -2.30. The molecule has 1 aliphatic rings. The van der Waals surface area contributed by atoms with Gasteiger partial charge in [-0.1, -0.05) is 42.5 Å². The van der Waals surface area contributed by atoms with Gasteiger partial charge in [0.05, 0.1) is 5.41 Å². The third-order valence-corrected chi connectivity index (χ3v) is 4.36. The summed E-state index contributed by atoms with van der Waals surface area (Å²) in [4.78, 5) is 12.5. The Morgan fingerprint density at radius 3 is 2.33 bits per heavy atom. The first-order valence-electron chi connectivity index (χ1n) is 7.98. The molecule has 126 valence electrons. The Morgan fingerprint density at radius 2 is 1.75 bits per heavy atom. The van der Waals surface area contributed by atoms with Crippen LogP contribution in [-0.4, -0.2) is 19.1 Å². The Morgan fingerprint density at radius 1 is 1.08 bits per heavy atom. The summed E-state index contributed by atoms with van der Waals surface area (Å²) in [5.41, 5.74) is 1.66. The highest BCUT2D eigenvalue weighted by atomic mass is 19.3. The largest absolute Gasteiger partial charge is 0.435 e. The minimum absolute atomic E-state index is 0.0614. The number of hydrogen-bond donors (Lipinski definition) is 1. The topological polar surface area (TPSA) is 38.3 Å². The highest BCUT2D eigenvalue weighted by Crippen LogP contribution is 2.48. The van der Waals surface area contributed by atoms with E-state index in [0.29, 0.717) is 13.0 Å². The highest BCUT2D eigenvalue weighted by molar-refractivity contribution is 5.91. The Hall–Kier alpha value is -2.43. The van der Waals surface area contributed by atoms with Crippen LogP contribution >= 0.6 is 0 Å². The lowest BCUT2D eigenvalue weighted by molar-refractivity contribution is -0.123. The van der Waals surface area contributed by atoms with Gasteiger partial charge >= 0.3 is 6.61 Å². The van der Waals surface area contributed by atoms with E-state index in [4.69, 9.17) is 0 Å². The van der Waals surface area contributed by atoms with E-state index in [9.17, 15) is 13.6 Å². The predicted octanol–water partition coefficient (Wildman–Crippen LogP) is 3.68. The van der Waals surface area contributed by atoms with Gasteiger partial charge in [0.15, 0.2) is 0 Å². The van der Waals surface area contributed by atoms with Crippen molar-refractivity contribution in [3.63, 3.8) is 0 Å². The van der Waals surface area contributed by atoms with Gasteiger partial charge in [0, 0.05) is 6.54 Å². The van der Waals surface area contributed by atoms with Crippen LogP contribution in [0.3, 0.4) is 0 Å². The second-order valence-corrected chi connectivity index (χ2v) is 5.98. The lowest BCUT2D eigenvalue weighted by atomic mass is 9.95. The van der Waals surface area contributed by atoms with Crippen LogP contribution in [0.5, 0.6) is 5.75 Å². The number of benzene rings is 2. The number of rotatable bonds is 7. The molecule has 0 spiro atoms. The van der Waals surface area contributed by atoms with E-state index < -0.39 is 6.61 Å². The molecule has 0 aromatic heterocycles. The van der Waals surface area contributed by atoms with Crippen molar-refractivity contribution in [1.82, 2.24) is 5.32 Å². The summed E-state index contributed by atoms with van der Waals surface area (Å²) in [6, 6.07) is 16.3. The zero-order valence-electron chi connectivity index (χ0n) is 13.2. The Kier molecular flexibility index (Phi) is 4.79. The molecule has 0 atom stereocenters. The molecule has 1 fully saturated rings. The first-order valence-corrected chi connectivity index (χ1v) is 7.98. The molecule has 0 heterocycles. The highest BCUT2D eigenvalue weighted by Gasteiger charge is 2.50. The average Bonchev–Trinajstić information content (AvgIpc) is 3.39. The number of ether oxygens (including phenoxy) is 1. The second kappa shape index (κ2) is 6.99. The van der Waals surface area contributed by atoms with Gasteiger partial charge in [-0.25, -0.2) is 0 Å². The van der Waals surface area contributed by atoms with Gasteiger partial charge in [-0.2, -0.15) is 8.78 Å². The monoisotopic (exact) mass is 331 g/mol. The quantitative estimate of drug-likeness (QED) is 0.840. The Labute approximate surface area is 139 Å². The van der Waals surface area contributed by atoms with E-state index >= 15 is 0 Å². The van der Waals surface area contributed by atoms with Crippen molar-refractivity contribution >= 4 is 5.91 Å². The minimum atomic E-state index is -2.82. The average molecular weight is 331 g/mol. The SMILES string of the molecule is O=C(NCCc1ccc(OC(F)F)cc1)C1(c2ccccc2)CC1. The zero-order chi connectivity index (χ0) is 17.0. The summed E-state index contributed by atoms with van der Waals surface area (Å²) < 4.78 is 28.5. The maximum absolute atomic E-state index is 12.5. The number of nitrogens with one attached hydrogen (secondary N) is 1. The molecule has 1 aliphatic carbocycles. The van der Waals surface area contributed by atoms with Crippen LogP contribution in [0, 0.1) is 0 Å². The minimum Gasteiger partial charge on any atom is -0.435 e. The van der Waals surface area contributed by atoms with Crippen LogP contribution < -0.4 is 10.1 Å². The summed E-state index contributed by atoms with van der Waals surface area (Å²) >= 11 is 0. The molecule has 2 aromatic rings. The van der Waals surface area contributed by atoms with E-state index in [1.807, 2.05) is 30.3 Å². The number of amides is 1. The molecule has 24 heavy (non-hydrogen) atoms. The normalized spacial score (nSPS) is 15.1. The van der Waals surface area contributed by atoms with Crippen LogP contribution in [0.2, 0.25) is 0 Å². The fraction of sp³-hybridized carbons (Fsp3) is 0.316. The molecule has 3 nitrogen and oxygen atoms in total. The first-order chi connectivity index (χ1) is 11.6. The standard InChI is InChI=1S/C19H19F2NO2/c20-18(21)24-16-8-6-14(7-9-16)10-13-22-17(23)19(11-12-19)15-4-2-1-3-5-15/h1-9,18H,10-13H2,(H,22,23). The van der Waals surface area contributed by atoms with Gasteiger partial charge in [0.2, 0.25) is 5.91 Å². The smallest absolute Gasteiger partial charge is 0.387 e. The molecule has 0 unspecified atom stereocenters.